The van der Waals surface area contributed by atoms with Crippen molar-refractivity contribution in [3.05, 3.63) is 101 Å². The number of rotatable bonds is 7. The molecule has 0 aliphatic carbocycles. The molecule has 0 fully saturated rings. The Balaban J connectivity index is 1.21. The molecule has 0 spiro atoms. The lowest BCUT2D eigenvalue weighted by molar-refractivity contribution is 0.103. The fraction of sp³-hybridized carbons (Fsp3) is 0.0714. The van der Waals surface area contributed by atoms with Crippen molar-refractivity contribution in [3.8, 4) is 22.9 Å². The summed E-state index contributed by atoms with van der Waals surface area (Å²) in [4.78, 5) is 13.4. The summed E-state index contributed by atoms with van der Waals surface area (Å²) < 4.78 is 28.7. The average molecular weight is 541 g/mol. The van der Waals surface area contributed by atoms with E-state index in [1.165, 1.54) is 18.4 Å². The summed E-state index contributed by atoms with van der Waals surface area (Å²) in [5.74, 6) is 0.429. The first kappa shape index (κ1) is 24.3. The molecule has 3 aromatic carbocycles. The molecule has 3 aromatic heterocycles. The molecule has 6 aromatic rings. The smallest absolute Gasteiger partial charge is 0.267 e. The number of nitrogens with zero attached hydrogens (tertiary/aromatic N) is 4. The molecule has 0 saturated carbocycles. The Labute approximate surface area is 225 Å². The number of ether oxygens (including phenoxy) is 1. The number of hydrogen-bond acceptors (Lipinski definition) is 8. The number of amides is 1. The third kappa shape index (κ3) is 4.71. The molecule has 3 heterocycles. The Kier molecular flexibility index (Phi) is 6.25. The van der Waals surface area contributed by atoms with Crippen molar-refractivity contribution in [1.29, 1.82) is 0 Å². The van der Waals surface area contributed by atoms with Gasteiger partial charge in [0.25, 0.3) is 17.7 Å². The van der Waals surface area contributed by atoms with Crippen molar-refractivity contribution in [2.45, 2.75) is 6.17 Å². The van der Waals surface area contributed by atoms with Gasteiger partial charge in [-0.05, 0) is 47.3 Å². The summed E-state index contributed by atoms with van der Waals surface area (Å²) in [6.07, 6.45) is -0.00754. The highest BCUT2D eigenvalue weighted by Crippen LogP contribution is 2.35. The minimum Gasteiger partial charge on any atom is -0.496 e. The average Bonchev–Trinajstić information content (AvgIpc) is 3.71. The number of nitrogens with two attached hydrogens (primary N) is 1. The summed E-state index contributed by atoms with van der Waals surface area (Å²) >= 11 is 1.23. The maximum Gasteiger partial charge on any atom is 0.267 e. The second-order valence-electron chi connectivity index (χ2n) is 8.58. The molecule has 0 bridgehead atoms. The monoisotopic (exact) mass is 540 g/mol. The highest BCUT2D eigenvalue weighted by Gasteiger charge is 2.23. The number of nitrogens with one attached hydrogen (secondary N) is 1. The van der Waals surface area contributed by atoms with Crippen LogP contribution < -0.4 is 15.8 Å². The fourth-order valence-corrected chi connectivity index (χ4v) is 5.10. The van der Waals surface area contributed by atoms with Crippen LogP contribution in [0.5, 0.6) is 5.75 Å². The maximum absolute atomic E-state index is 15.4. The highest BCUT2D eigenvalue weighted by atomic mass is 32.1. The zero-order valence-electron chi connectivity index (χ0n) is 20.5. The van der Waals surface area contributed by atoms with Crippen molar-refractivity contribution < 1.29 is 18.3 Å². The number of fused-ring (bicyclic) bond motifs is 1. The topological polar surface area (TPSA) is 121 Å². The molecule has 194 valence electrons. The van der Waals surface area contributed by atoms with Gasteiger partial charge in [0.15, 0.2) is 5.82 Å². The number of carbonyl (C=O) groups is 1. The predicted molar refractivity (Wildman–Crippen MR) is 147 cm³/mol. The molecule has 9 nitrogen and oxygen atoms in total. The number of halogens is 1. The lowest BCUT2D eigenvalue weighted by Crippen LogP contribution is -2.12. The third-order valence-electron chi connectivity index (χ3n) is 6.05. The first-order chi connectivity index (χ1) is 19.0. The summed E-state index contributed by atoms with van der Waals surface area (Å²) in [6.45, 7) is 0. The van der Waals surface area contributed by atoms with E-state index in [0.717, 1.165) is 15.8 Å². The number of carbonyl (C=O) groups excluding carboxylic acids is 1. The number of thiophene rings is 1. The second kappa shape index (κ2) is 10.0. The van der Waals surface area contributed by atoms with E-state index < -0.39 is 6.17 Å². The molecule has 1 amide bonds. The van der Waals surface area contributed by atoms with Crippen LogP contribution in [0.2, 0.25) is 0 Å². The number of anilines is 2. The van der Waals surface area contributed by atoms with Crippen LogP contribution >= 0.6 is 11.3 Å². The van der Waals surface area contributed by atoms with Gasteiger partial charge in [-0.15, -0.1) is 26.6 Å². The number of nitrogen functional groups attached to an aromatic ring is 1. The summed E-state index contributed by atoms with van der Waals surface area (Å²) in [5.41, 5.74) is 8.14. The lowest BCUT2D eigenvalue weighted by Gasteiger charge is -2.05. The Morgan fingerprint density at radius 2 is 1.87 bits per heavy atom. The van der Waals surface area contributed by atoms with E-state index in [2.05, 4.69) is 20.6 Å². The fourth-order valence-electron chi connectivity index (χ4n) is 4.09. The number of para-hydroxylation sites is 2. The molecule has 0 aliphatic rings. The number of hydrogen-bond donors (Lipinski definition) is 2. The quantitative estimate of drug-likeness (QED) is 0.253. The van der Waals surface area contributed by atoms with Crippen molar-refractivity contribution in [2.75, 3.05) is 18.2 Å². The van der Waals surface area contributed by atoms with Gasteiger partial charge in [-0.3, -0.25) is 4.79 Å². The van der Waals surface area contributed by atoms with E-state index in [9.17, 15) is 4.79 Å². The van der Waals surface area contributed by atoms with E-state index in [4.69, 9.17) is 14.9 Å². The number of methoxy groups -OCH3 is 1. The van der Waals surface area contributed by atoms with E-state index in [1.807, 2.05) is 36.4 Å². The van der Waals surface area contributed by atoms with E-state index in [0.29, 0.717) is 27.4 Å². The van der Waals surface area contributed by atoms with Gasteiger partial charge in [-0.2, -0.15) is 0 Å². The third-order valence-corrected chi connectivity index (χ3v) is 7.15. The first-order valence-electron chi connectivity index (χ1n) is 11.9. The van der Waals surface area contributed by atoms with Gasteiger partial charge in [-0.1, -0.05) is 42.5 Å². The van der Waals surface area contributed by atoms with Gasteiger partial charge < -0.3 is 20.2 Å². The van der Waals surface area contributed by atoms with Crippen molar-refractivity contribution in [2.24, 2.45) is 0 Å². The van der Waals surface area contributed by atoms with Crippen LogP contribution in [0.4, 0.5) is 15.9 Å². The molecular weight excluding hydrogens is 519 g/mol. The summed E-state index contributed by atoms with van der Waals surface area (Å²) in [5, 5.41) is 15.9. The summed E-state index contributed by atoms with van der Waals surface area (Å²) in [6, 6.07) is 23.4. The van der Waals surface area contributed by atoms with E-state index in [-0.39, 0.29) is 23.5 Å². The minimum absolute atomic E-state index is 0.162. The van der Waals surface area contributed by atoms with Gasteiger partial charge in [0.2, 0.25) is 6.17 Å². The molecule has 11 heteroatoms. The molecule has 0 saturated heterocycles. The van der Waals surface area contributed by atoms with Crippen LogP contribution in [0.1, 0.15) is 27.3 Å². The van der Waals surface area contributed by atoms with Crippen LogP contribution in [-0.2, 0) is 0 Å². The van der Waals surface area contributed by atoms with Crippen molar-refractivity contribution in [1.82, 2.24) is 20.0 Å². The largest absolute Gasteiger partial charge is 0.496 e. The Morgan fingerprint density at radius 3 is 2.69 bits per heavy atom. The van der Waals surface area contributed by atoms with Crippen molar-refractivity contribution in [3.63, 3.8) is 0 Å². The van der Waals surface area contributed by atoms with Crippen LogP contribution in [0.25, 0.3) is 27.2 Å². The molecule has 39 heavy (non-hydrogen) atoms. The van der Waals surface area contributed by atoms with Crippen molar-refractivity contribution >= 4 is 38.8 Å². The maximum atomic E-state index is 15.4. The van der Waals surface area contributed by atoms with Gasteiger partial charge in [-0.25, -0.2) is 9.07 Å². The standard InChI is InChI=1S/C28H21FN6O3S/c1-37-21-10-6-5-9-19(21)27-32-33-28(38-27)24(29)17-12-11-16-13-23(39-22(16)14-17)26(36)31-25-20(30)15-35(34-25)18-7-3-2-4-8-18/h2-15,24H,30H2,1H3,(H,31,34,36). The highest BCUT2D eigenvalue weighted by molar-refractivity contribution is 7.20. The van der Waals surface area contributed by atoms with Gasteiger partial charge in [0.05, 0.1) is 35.1 Å². The zero-order chi connectivity index (χ0) is 26.9. The summed E-state index contributed by atoms with van der Waals surface area (Å²) in [7, 11) is 1.53. The number of benzene rings is 3. The van der Waals surface area contributed by atoms with Crippen LogP contribution in [-0.4, -0.2) is 33.0 Å². The molecule has 0 aliphatic heterocycles. The molecule has 0 radical (unpaired) electrons. The molecule has 3 N–H and O–H groups in total. The Bertz CT molecular complexity index is 1800. The molecule has 1 unspecified atom stereocenters. The number of alkyl halides is 1. The SMILES string of the molecule is COc1ccccc1-c1nnc(C(F)c2ccc3cc(C(=O)Nc4nn(-c5ccccc5)cc4N)sc3c2)o1. The van der Waals surface area contributed by atoms with Crippen LogP contribution in [0.3, 0.4) is 0 Å². The van der Waals surface area contributed by atoms with Gasteiger partial charge >= 0.3 is 0 Å². The molecular formula is C28H21FN6O3S. The Hall–Kier alpha value is -5.03. The van der Waals surface area contributed by atoms with Crippen LogP contribution in [0, 0.1) is 0 Å². The molecule has 6 rings (SSSR count). The van der Waals surface area contributed by atoms with E-state index >= 15 is 4.39 Å². The van der Waals surface area contributed by atoms with Crippen LogP contribution in [0.15, 0.2) is 89.5 Å². The number of aromatic nitrogens is 4. The van der Waals surface area contributed by atoms with Gasteiger partial charge in [0.1, 0.15) is 5.75 Å². The zero-order valence-corrected chi connectivity index (χ0v) is 21.4. The Morgan fingerprint density at radius 1 is 1.08 bits per heavy atom. The first-order valence-corrected chi connectivity index (χ1v) is 12.7. The second-order valence-corrected chi connectivity index (χ2v) is 9.67. The van der Waals surface area contributed by atoms with Gasteiger partial charge in [0, 0.05) is 4.70 Å². The normalized spacial score (nSPS) is 11.9. The molecule has 1 atom stereocenters. The predicted octanol–water partition coefficient (Wildman–Crippen LogP) is 6.04. The lowest BCUT2D eigenvalue weighted by atomic mass is 10.1. The minimum atomic E-state index is -1.65. The van der Waals surface area contributed by atoms with E-state index in [1.54, 1.807) is 53.3 Å².